The molecule has 0 aromatic heterocycles. The molecule has 2 aromatic carbocycles. The number of nitrogens with zero attached hydrogens (tertiary/aromatic N) is 2. The summed E-state index contributed by atoms with van der Waals surface area (Å²) < 4.78 is 40.3. The number of hydrogen-bond donors (Lipinski definition) is 1. The predicted molar refractivity (Wildman–Crippen MR) is 119 cm³/mol. The van der Waals surface area contributed by atoms with E-state index >= 15 is 0 Å². The van der Waals surface area contributed by atoms with Crippen LogP contribution in [-0.2, 0) is 14.8 Å². The highest BCUT2D eigenvalue weighted by Crippen LogP contribution is 2.19. The quantitative estimate of drug-likeness (QED) is 0.708. The van der Waals surface area contributed by atoms with Gasteiger partial charge >= 0.3 is 0 Å². The van der Waals surface area contributed by atoms with Gasteiger partial charge in [0, 0.05) is 19.6 Å². The van der Waals surface area contributed by atoms with E-state index in [1.807, 2.05) is 43.0 Å². The highest BCUT2D eigenvalue weighted by molar-refractivity contribution is 7.89. The average molecular weight is 448 g/mol. The van der Waals surface area contributed by atoms with Crippen LogP contribution in [0.2, 0.25) is 0 Å². The number of benzene rings is 2. The molecule has 2 aromatic rings. The van der Waals surface area contributed by atoms with Crippen LogP contribution in [-0.4, -0.2) is 56.3 Å². The fourth-order valence-electron chi connectivity index (χ4n) is 3.76. The number of sulfonamides is 1. The third kappa shape index (κ3) is 6.12. The van der Waals surface area contributed by atoms with E-state index in [2.05, 4.69) is 5.32 Å². The van der Waals surface area contributed by atoms with E-state index in [0.29, 0.717) is 32.6 Å². The van der Waals surface area contributed by atoms with E-state index in [-0.39, 0.29) is 23.4 Å². The second kappa shape index (κ2) is 10.3. The molecule has 1 atom stereocenters. The van der Waals surface area contributed by atoms with E-state index in [0.717, 1.165) is 24.1 Å². The zero-order chi connectivity index (χ0) is 22.4. The first-order valence-electron chi connectivity index (χ1n) is 10.6. The van der Waals surface area contributed by atoms with E-state index in [9.17, 15) is 17.6 Å². The topological polar surface area (TPSA) is 69.7 Å². The minimum atomic E-state index is -3.68. The Morgan fingerprint density at radius 1 is 1.03 bits per heavy atom. The normalized spacial score (nSPS) is 17.1. The smallest absolute Gasteiger partial charge is 0.243 e. The molecule has 0 bridgehead atoms. The fourth-order valence-corrected chi connectivity index (χ4v) is 5.23. The van der Waals surface area contributed by atoms with Crippen molar-refractivity contribution in [2.75, 3.05) is 32.7 Å². The summed E-state index contributed by atoms with van der Waals surface area (Å²) in [4.78, 5) is 14.7. The Bertz CT molecular complexity index is 978. The first-order chi connectivity index (χ1) is 14.8. The molecule has 31 heavy (non-hydrogen) atoms. The van der Waals surface area contributed by atoms with Crippen molar-refractivity contribution >= 4 is 15.9 Å². The van der Waals surface area contributed by atoms with Crippen molar-refractivity contribution in [1.82, 2.24) is 14.5 Å². The Morgan fingerprint density at radius 2 is 1.71 bits per heavy atom. The Morgan fingerprint density at radius 3 is 2.35 bits per heavy atom. The number of carbonyl (C=O) groups excluding carboxylic acids is 1. The molecule has 1 amide bonds. The predicted octanol–water partition coefficient (Wildman–Crippen LogP) is 3.10. The van der Waals surface area contributed by atoms with Gasteiger partial charge < -0.3 is 5.32 Å². The average Bonchev–Trinajstić information content (AvgIpc) is 2.99. The standard InChI is InChI=1S/C23H30FN3O3S/c1-3-22(19-7-5-18(2)6-8-19)25-23(28)17-26-13-4-14-27(16-15-26)31(29,30)21-11-9-20(24)10-12-21/h5-12,22H,3-4,13-17H2,1-2H3,(H,25,28)/t22-/m1/s1. The van der Waals surface area contributed by atoms with Crippen LogP contribution < -0.4 is 5.32 Å². The number of rotatable bonds is 7. The molecule has 0 spiro atoms. The maximum Gasteiger partial charge on any atom is 0.243 e. The minimum absolute atomic E-state index is 0.0459. The summed E-state index contributed by atoms with van der Waals surface area (Å²) in [5.74, 6) is -0.537. The summed E-state index contributed by atoms with van der Waals surface area (Å²) in [6.45, 7) is 6.07. The van der Waals surface area contributed by atoms with Crippen LogP contribution >= 0.6 is 0 Å². The highest BCUT2D eigenvalue weighted by Gasteiger charge is 2.27. The van der Waals surface area contributed by atoms with Crippen molar-refractivity contribution in [3.8, 4) is 0 Å². The second-order valence-electron chi connectivity index (χ2n) is 7.93. The number of hydrogen-bond acceptors (Lipinski definition) is 4. The molecule has 1 N–H and O–H groups in total. The van der Waals surface area contributed by atoms with Crippen LogP contribution in [0.5, 0.6) is 0 Å². The van der Waals surface area contributed by atoms with E-state index in [4.69, 9.17) is 0 Å². The van der Waals surface area contributed by atoms with Gasteiger partial charge in [0.15, 0.2) is 0 Å². The van der Waals surface area contributed by atoms with Gasteiger partial charge in [-0.3, -0.25) is 9.69 Å². The first kappa shape index (κ1) is 23.4. The molecule has 1 saturated heterocycles. The van der Waals surface area contributed by atoms with Gasteiger partial charge in [0.1, 0.15) is 5.82 Å². The summed E-state index contributed by atoms with van der Waals surface area (Å²) in [5, 5.41) is 3.09. The van der Waals surface area contributed by atoms with Gasteiger partial charge in [-0.05, 0) is 56.1 Å². The molecule has 3 rings (SSSR count). The number of carbonyl (C=O) groups is 1. The van der Waals surface area contributed by atoms with Crippen molar-refractivity contribution in [3.63, 3.8) is 0 Å². The molecule has 168 valence electrons. The Hall–Kier alpha value is -2.29. The molecule has 1 fully saturated rings. The Labute approximate surface area is 184 Å². The fraction of sp³-hybridized carbons (Fsp3) is 0.435. The van der Waals surface area contributed by atoms with Gasteiger partial charge in [-0.15, -0.1) is 0 Å². The van der Waals surface area contributed by atoms with Crippen LogP contribution in [0, 0.1) is 12.7 Å². The molecule has 1 heterocycles. The zero-order valence-electron chi connectivity index (χ0n) is 18.1. The summed E-state index contributed by atoms with van der Waals surface area (Å²) in [6, 6.07) is 13.0. The van der Waals surface area contributed by atoms with E-state index < -0.39 is 15.8 Å². The van der Waals surface area contributed by atoms with Crippen molar-refractivity contribution < 1.29 is 17.6 Å². The molecular weight excluding hydrogens is 417 g/mol. The molecule has 8 heteroatoms. The van der Waals surface area contributed by atoms with Crippen molar-refractivity contribution in [1.29, 1.82) is 0 Å². The van der Waals surface area contributed by atoms with E-state index in [1.54, 1.807) is 0 Å². The lowest BCUT2D eigenvalue weighted by Gasteiger charge is -2.23. The van der Waals surface area contributed by atoms with Crippen LogP contribution in [0.25, 0.3) is 0 Å². The third-order valence-corrected chi connectivity index (χ3v) is 7.50. The molecular formula is C23H30FN3O3S. The van der Waals surface area contributed by atoms with Gasteiger partial charge in [-0.25, -0.2) is 12.8 Å². The zero-order valence-corrected chi connectivity index (χ0v) is 18.9. The monoisotopic (exact) mass is 447 g/mol. The Kier molecular flexibility index (Phi) is 7.80. The molecule has 0 radical (unpaired) electrons. The maximum absolute atomic E-state index is 13.1. The molecule has 0 aliphatic carbocycles. The van der Waals surface area contributed by atoms with Gasteiger partial charge in [-0.2, -0.15) is 4.31 Å². The van der Waals surface area contributed by atoms with Gasteiger partial charge in [-0.1, -0.05) is 36.8 Å². The number of amides is 1. The van der Waals surface area contributed by atoms with Crippen LogP contribution in [0.15, 0.2) is 53.4 Å². The SMILES string of the molecule is CC[C@@H](NC(=O)CN1CCCN(S(=O)(=O)c2ccc(F)cc2)CC1)c1ccc(C)cc1. The maximum atomic E-state index is 13.1. The van der Waals surface area contributed by atoms with Crippen molar-refractivity contribution in [2.24, 2.45) is 0 Å². The molecule has 0 saturated carbocycles. The summed E-state index contributed by atoms with van der Waals surface area (Å²) >= 11 is 0. The largest absolute Gasteiger partial charge is 0.348 e. The third-order valence-electron chi connectivity index (χ3n) is 5.59. The molecule has 6 nitrogen and oxygen atoms in total. The lowest BCUT2D eigenvalue weighted by molar-refractivity contribution is -0.123. The summed E-state index contributed by atoms with van der Waals surface area (Å²) in [5.41, 5.74) is 2.25. The summed E-state index contributed by atoms with van der Waals surface area (Å²) in [6.07, 6.45) is 1.42. The number of nitrogens with one attached hydrogen (secondary N) is 1. The van der Waals surface area contributed by atoms with Gasteiger partial charge in [0.25, 0.3) is 0 Å². The van der Waals surface area contributed by atoms with Crippen LogP contribution in [0.4, 0.5) is 4.39 Å². The number of aryl methyl sites for hydroxylation is 1. The summed E-state index contributed by atoms with van der Waals surface area (Å²) in [7, 11) is -3.68. The molecule has 1 aliphatic rings. The molecule has 0 unspecified atom stereocenters. The highest BCUT2D eigenvalue weighted by atomic mass is 32.2. The Balaban J connectivity index is 1.57. The van der Waals surface area contributed by atoms with E-state index in [1.165, 1.54) is 22.0 Å². The van der Waals surface area contributed by atoms with Crippen molar-refractivity contribution in [2.45, 2.75) is 37.6 Å². The van der Waals surface area contributed by atoms with Crippen LogP contribution in [0.1, 0.15) is 36.9 Å². The van der Waals surface area contributed by atoms with Crippen molar-refractivity contribution in [3.05, 3.63) is 65.5 Å². The minimum Gasteiger partial charge on any atom is -0.348 e. The molecule has 1 aliphatic heterocycles. The number of halogens is 1. The second-order valence-corrected chi connectivity index (χ2v) is 9.86. The van der Waals surface area contributed by atoms with Crippen LogP contribution in [0.3, 0.4) is 0 Å². The lowest BCUT2D eigenvalue weighted by atomic mass is 10.0. The lowest BCUT2D eigenvalue weighted by Crippen LogP contribution is -2.41. The van der Waals surface area contributed by atoms with Gasteiger partial charge in [0.05, 0.1) is 17.5 Å². The van der Waals surface area contributed by atoms with Gasteiger partial charge in [0.2, 0.25) is 15.9 Å². The first-order valence-corrected chi connectivity index (χ1v) is 12.1.